The number of para-hydroxylation sites is 1. The van der Waals surface area contributed by atoms with Crippen molar-refractivity contribution < 1.29 is 13.6 Å². The molecule has 0 unspecified atom stereocenters. The van der Waals surface area contributed by atoms with Gasteiger partial charge in [0, 0.05) is 5.54 Å². The molecule has 0 atom stereocenters. The summed E-state index contributed by atoms with van der Waals surface area (Å²) in [5.41, 5.74) is -0.537. The van der Waals surface area contributed by atoms with Crippen molar-refractivity contribution in [3.63, 3.8) is 0 Å². The minimum absolute atomic E-state index is 0.166. The van der Waals surface area contributed by atoms with E-state index >= 15 is 0 Å². The van der Waals surface area contributed by atoms with Crippen LogP contribution in [0.3, 0.4) is 0 Å². The van der Waals surface area contributed by atoms with Crippen LogP contribution in [-0.4, -0.2) is 11.6 Å². The minimum Gasteiger partial charge on any atom is -0.332 e. The highest BCUT2D eigenvalue weighted by atomic mass is 19.1. The lowest BCUT2D eigenvalue weighted by Crippen LogP contribution is -2.60. The molecule has 22 heavy (non-hydrogen) atoms. The second-order valence-corrected chi connectivity index (χ2v) is 7.37. The molecule has 2 N–H and O–H groups in total. The van der Waals surface area contributed by atoms with Crippen LogP contribution in [0.25, 0.3) is 0 Å². The molecule has 4 bridgehead atoms. The first-order valence-corrected chi connectivity index (χ1v) is 8.06. The van der Waals surface area contributed by atoms with E-state index in [1.807, 2.05) is 0 Å². The summed E-state index contributed by atoms with van der Waals surface area (Å²) in [7, 11) is 0. The van der Waals surface area contributed by atoms with Gasteiger partial charge in [-0.25, -0.2) is 13.6 Å². The van der Waals surface area contributed by atoms with E-state index in [-0.39, 0.29) is 11.2 Å². The third-order valence-electron chi connectivity index (χ3n) is 5.62. The van der Waals surface area contributed by atoms with Gasteiger partial charge in [0.25, 0.3) is 0 Å². The molecule has 0 radical (unpaired) electrons. The Hall–Kier alpha value is -1.65. The van der Waals surface area contributed by atoms with Crippen LogP contribution in [0.4, 0.5) is 19.3 Å². The molecule has 4 aliphatic carbocycles. The predicted octanol–water partition coefficient (Wildman–Crippen LogP) is 4.06. The topological polar surface area (TPSA) is 41.1 Å². The maximum absolute atomic E-state index is 13.6. The number of urea groups is 1. The quantitative estimate of drug-likeness (QED) is 0.850. The molecule has 2 amide bonds. The van der Waals surface area contributed by atoms with Gasteiger partial charge in [-0.15, -0.1) is 0 Å². The van der Waals surface area contributed by atoms with E-state index in [0.717, 1.165) is 31.4 Å². The van der Waals surface area contributed by atoms with Crippen molar-refractivity contribution in [2.45, 2.75) is 44.1 Å². The smallest absolute Gasteiger partial charge is 0.319 e. The lowest BCUT2D eigenvalue weighted by atomic mass is 9.53. The summed E-state index contributed by atoms with van der Waals surface area (Å²) < 4.78 is 27.3. The van der Waals surface area contributed by atoms with Crippen LogP contribution in [0.1, 0.15) is 38.5 Å². The molecule has 4 aliphatic rings. The lowest BCUT2D eigenvalue weighted by Gasteiger charge is -2.56. The number of carbonyl (C=O) groups excluding carboxylic acids is 1. The van der Waals surface area contributed by atoms with Gasteiger partial charge in [0.05, 0.1) is 0 Å². The largest absolute Gasteiger partial charge is 0.332 e. The molecule has 0 aromatic heterocycles. The third-order valence-corrected chi connectivity index (χ3v) is 5.62. The van der Waals surface area contributed by atoms with Gasteiger partial charge < -0.3 is 10.6 Å². The first-order valence-electron chi connectivity index (χ1n) is 8.06. The first kappa shape index (κ1) is 14.0. The maximum atomic E-state index is 13.6. The summed E-state index contributed by atoms with van der Waals surface area (Å²) in [5.74, 6) is 0.617. The van der Waals surface area contributed by atoms with E-state index in [1.54, 1.807) is 0 Å². The zero-order valence-corrected chi connectivity index (χ0v) is 12.4. The van der Waals surface area contributed by atoms with Gasteiger partial charge in [-0.1, -0.05) is 6.07 Å². The van der Waals surface area contributed by atoms with Crippen molar-refractivity contribution in [3.8, 4) is 0 Å². The van der Waals surface area contributed by atoms with E-state index < -0.39 is 17.7 Å². The normalized spacial score (nSPS) is 35.5. The minimum atomic E-state index is -0.749. The van der Waals surface area contributed by atoms with Crippen LogP contribution < -0.4 is 10.6 Å². The molecule has 5 heteroatoms. The molecular weight excluding hydrogens is 286 g/mol. The highest BCUT2D eigenvalue weighted by molar-refractivity contribution is 5.90. The molecule has 3 nitrogen and oxygen atoms in total. The van der Waals surface area contributed by atoms with Gasteiger partial charge in [0.2, 0.25) is 0 Å². The van der Waals surface area contributed by atoms with Gasteiger partial charge in [0.1, 0.15) is 17.3 Å². The molecule has 0 aliphatic heterocycles. The molecule has 0 spiro atoms. The Labute approximate surface area is 128 Å². The molecule has 1 aromatic rings. The van der Waals surface area contributed by atoms with Crippen molar-refractivity contribution >= 4 is 11.7 Å². The lowest BCUT2D eigenvalue weighted by molar-refractivity contribution is -0.0127. The summed E-state index contributed by atoms with van der Waals surface area (Å²) in [6.07, 6.45) is 6.87. The summed E-state index contributed by atoms with van der Waals surface area (Å²) in [6.45, 7) is 0. The molecular formula is C17H20F2N2O. The van der Waals surface area contributed by atoms with Crippen LogP contribution in [0.15, 0.2) is 18.2 Å². The average Bonchev–Trinajstić information content (AvgIpc) is 2.41. The number of anilines is 1. The number of nitrogens with one attached hydrogen (secondary N) is 2. The fraction of sp³-hybridized carbons (Fsp3) is 0.588. The van der Waals surface area contributed by atoms with Crippen LogP contribution in [0.5, 0.6) is 0 Å². The van der Waals surface area contributed by atoms with Crippen LogP contribution in [0, 0.1) is 29.4 Å². The van der Waals surface area contributed by atoms with Crippen LogP contribution in [-0.2, 0) is 0 Å². The molecule has 0 heterocycles. The fourth-order valence-corrected chi connectivity index (χ4v) is 5.27. The van der Waals surface area contributed by atoms with Gasteiger partial charge in [-0.3, -0.25) is 0 Å². The molecule has 4 fully saturated rings. The van der Waals surface area contributed by atoms with Crippen molar-refractivity contribution in [2.75, 3.05) is 5.32 Å². The second kappa shape index (κ2) is 4.93. The Morgan fingerprint density at radius 3 is 2.00 bits per heavy atom. The number of carbonyl (C=O) groups is 1. The van der Waals surface area contributed by atoms with Crippen molar-refractivity contribution in [1.29, 1.82) is 0 Å². The Kier molecular flexibility index (Phi) is 3.13. The Bertz CT molecular complexity index is 561. The van der Waals surface area contributed by atoms with E-state index in [4.69, 9.17) is 0 Å². The standard InChI is InChI=1S/C17H20F2N2O/c18-13-2-1-3-14(19)15(13)20-16(22)21-17-7-10-4-11(8-17)6-12(5-10)9-17/h1-3,10-12H,4-9H2,(H2,20,21,22). The van der Waals surface area contributed by atoms with Gasteiger partial charge in [0.15, 0.2) is 0 Å². The van der Waals surface area contributed by atoms with Crippen molar-refractivity contribution in [1.82, 2.24) is 5.32 Å². The first-order chi connectivity index (χ1) is 10.5. The number of hydrogen-bond donors (Lipinski definition) is 2. The zero-order chi connectivity index (χ0) is 15.3. The number of amides is 2. The van der Waals surface area contributed by atoms with Crippen LogP contribution in [0.2, 0.25) is 0 Å². The number of rotatable bonds is 2. The van der Waals surface area contributed by atoms with Crippen molar-refractivity contribution in [2.24, 2.45) is 17.8 Å². The molecule has 118 valence electrons. The van der Waals surface area contributed by atoms with Crippen LogP contribution >= 0.6 is 0 Å². The fourth-order valence-electron chi connectivity index (χ4n) is 5.27. The number of halogens is 2. The monoisotopic (exact) mass is 306 g/mol. The van der Waals surface area contributed by atoms with Gasteiger partial charge >= 0.3 is 6.03 Å². The number of benzene rings is 1. The summed E-state index contributed by atoms with van der Waals surface area (Å²) >= 11 is 0. The maximum Gasteiger partial charge on any atom is 0.319 e. The zero-order valence-electron chi connectivity index (χ0n) is 12.4. The molecule has 1 aromatic carbocycles. The van der Waals surface area contributed by atoms with Gasteiger partial charge in [-0.2, -0.15) is 0 Å². The molecule has 5 rings (SSSR count). The van der Waals surface area contributed by atoms with Crippen molar-refractivity contribution in [3.05, 3.63) is 29.8 Å². The SMILES string of the molecule is O=C(Nc1c(F)cccc1F)NC12CC3CC(CC(C3)C1)C2. The molecule has 4 saturated carbocycles. The Morgan fingerprint density at radius 1 is 1.00 bits per heavy atom. The van der Waals surface area contributed by atoms with E-state index in [9.17, 15) is 13.6 Å². The van der Waals surface area contributed by atoms with E-state index in [1.165, 1.54) is 25.3 Å². The summed E-state index contributed by atoms with van der Waals surface area (Å²) in [6, 6.07) is 3.07. The molecule has 0 saturated heterocycles. The summed E-state index contributed by atoms with van der Waals surface area (Å²) in [4.78, 5) is 12.2. The third kappa shape index (κ3) is 2.36. The number of hydrogen-bond acceptors (Lipinski definition) is 1. The highest BCUT2D eigenvalue weighted by Crippen LogP contribution is 2.55. The van der Waals surface area contributed by atoms with Gasteiger partial charge in [-0.05, 0) is 68.4 Å². The Balaban J connectivity index is 1.48. The van der Waals surface area contributed by atoms with E-state index in [0.29, 0.717) is 17.8 Å². The second-order valence-electron chi connectivity index (χ2n) is 7.37. The average molecular weight is 306 g/mol. The van der Waals surface area contributed by atoms with E-state index in [2.05, 4.69) is 10.6 Å². The summed E-state index contributed by atoms with van der Waals surface area (Å²) in [5, 5.41) is 5.40. The predicted molar refractivity (Wildman–Crippen MR) is 79.4 cm³/mol. The Morgan fingerprint density at radius 2 is 1.50 bits per heavy atom. The highest BCUT2D eigenvalue weighted by Gasteiger charge is 2.51.